The second kappa shape index (κ2) is 11.1. The van der Waals surface area contributed by atoms with Crippen molar-refractivity contribution in [2.45, 2.75) is 128 Å². The summed E-state index contributed by atoms with van der Waals surface area (Å²) in [7, 11) is 0. The fourth-order valence-electron chi connectivity index (χ4n) is 10.3. The molecule has 5 rings (SSSR count). The molecule has 0 aromatic carbocycles. The van der Waals surface area contributed by atoms with Gasteiger partial charge in [0.1, 0.15) is 24.4 Å². The van der Waals surface area contributed by atoms with Gasteiger partial charge in [-0.3, -0.25) is 4.79 Å². The molecule has 1 heterocycles. The molecular weight excluding hydrogens is 504 g/mol. The predicted octanol–water partition coefficient (Wildman–Crippen LogP) is 2.30. The highest BCUT2D eigenvalue weighted by molar-refractivity contribution is 5.66. The maximum atomic E-state index is 11.6. The molecular formula is C30H50O9. The Hall–Kier alpha value is -0.810. The molecule has 4 aliphatic carbocycles. The third-order valence-corrected chi connectivity index (χ3v) is 12.4. The summed E-state index contributed by atoms with van der Waals surface area (Å²) in [6, 6.07) is 0. The molecule has 0 unspecified atom stereocenters. The van der Waals surface area contributed by atoms with Crippen molar-refractivity contribution in [3.8, 4) is 0 Å². The number of hydrogen-bond donors (Lipinski definition) is 6. The van der Waals surface area contributed by atoms with Crippen LogP contribution in [0.4, 0.5) is 0 Å². The summed E-state index contributed by atoms with van der Waals surface area (Å²) in [6.07, 6.45) is 1.53. The molecule has 0 spiro atoms. The first-order valence-electron chi connectivity index (χ1n) is 15.3. The number of aliphatic hydroxyl groups excluding tert-OH is 5. The molecule has 1 aliphatic heterocycles. The van der Waals surface area contributed by atoms with Crippen molar-refractivity contribution in [1.82, 2.24) is 0 Å². The van der Waals surface area contributed by atoms with Gasteiger partial charge < -0.3 is 40.1 Å². The van der Waals surface area contributed by atoms with Crippen LogP contribution in [-0.2, 0) is 14.3 Å². The Kier molecular flexibility index (Phi) is 8.46. The molecule has 39 heavy (non-hydrogen) atoms. The molecule has 0 radical (unpaired) electrons. The molecule has 5 fully saturated rings. The zero-order valence-corrected chi connectivity index (χ0v) is 23.7. The molecule has 9 nitrogen and oxygen atoms in total. The Morgan fingerprint density at radius 1 is 0.923 bits per heavy atom. The molecule has 0 bridgehead atoms. The van der Waals surface area contributed by atoms with Crippen LogP contribution in [0.1, 0.15) is 85.0 Å². The number of carboxylic acid groups (broad SMARTS) is 1. The zero-order chi connectivity index (χ0) is 28.3. The molecule has 6 N–H and O–H groups in total. The average Bonchev–Trinajstić information content (AvgIpc) is 3.25. The molecule has 1 saturated heterocycles. The fourth-order valence-corrected chi connectivity index (χ4v) is 10.3. The molecule has 224 valence electrons. The standard InChI is InChI=1S/C30H50O9/c1-15(4-7-24(33)34)18-5-6-19-17-13-22(32)21-12-16(8-10-30(21,3)20(17)9-11-29(18,19)2)38-28-27(37)26(36)25(35)23(14-31)39-28/h15-23,25-28,31-32,35-37H,4-14H2,1-3H3,(H,33,34)/t15-,16-,17+,18-,19+,20+,21-,22-,23-,25-,26+,27-,28-,29-,30-/m1/s1. The number of aliphatic carboxylic acids is 1. The third kappa shape index (κ3) is 5.08. The van der Waals surface area contributed by atoms with Crippen molar-refractivity contribution >= 4 is 5.97 Å². The first-order valence-corrected chi connectivity index (χ1v) is 15.3. The Bertz CT molecular complexity index is 882. The van der Waals surface area contributed by atoms with E-state index in [9.17, 15) is 35.4 Å². The molecule has 4 saturated carbocycles. The van der Waals surface area contributed by atoms with Crippen molar-refractivity contribution < 1.29 is 44.9 Å². The Morgan fingerprint density at radius 2 is 1.62 bits per heavy atom. The Morgan fingerprint density at radius 3 is 2.31 bits per heavy atom. The van der Waals surface area contributed by atoms with Crippen LogP contribution in [0.25, 0.3) is 0 Å². The summed E-state index contributed by atoms with van der Waals surface area (Å²) in [5.74, 6) is 1.84. The number of carbonyl (C=O) groups is 1. The van der Waals surface area contributed by atoms with E-state index in [1.54, 1.807) is 0 Å². The van der Waals surface area contributed by atoms with Crippen LogP contribution >= 0.6 is 0 Å². The normalized spacial score (nSPS) is 52.4. The molecule has 5 aliphatic rings. The Balaban J connectivity index is 1.26. The zero-order valence-electron chi connectivity index (χ0n) is 23.7. The van der Waals surface area contributed by atoms with Gasteiger partial charge in [-0.1, -0.05) is 20.8 Å². The van der Waals surface area contributed by atoms with Gasteiger partial charge in [0.15, 0.2) is 6.29 Å². The summed E-state index contributed by atoms with van der Waals surface area (Å²) in [5.41, 5.74) is 0.192. The molecule has 9 heteroatoms. The first-order chi connectivity index (χ1) is 18.4. The number of hydrogen-bond acceptors (Lipinski definition) is 8. The van der Waals surface area contributed by atoms with Gasteiger partial charge in [-0.25, -0.2) is 0 Å². The number of carboxylic acids is 1. The number of rotatable bonds is 7. The van der Waals surface area contributed by atoms with Crippen LogP contribution in [0, 0.1) is 46.3 Å². The van der Waals surface area contributed by atoms with E-state index >= 15 is 0 Å². The van der Waals surface area contributed by atoms with Crippen molar-refractivity contribution in [2.75, 3.05) is 6.61 Å². The summed E-state index contributed by atoms with van der Waals surface area (Å²) in [4.78, 5) is 11.2. The lowest BCUT2D eigenvalue weighted by Gasteiger charge is -2.62. The van der Waals surface area contributed by atoms with Gasteiger partial charge in [-0.05, 0) is 104 Å². The van der Waals surface area contributed by atoms with E-state index in [0.717, 1.165) is 51.4 Å². The quantitative estimate of drug-likeness (QED) is 0.260. The second-order valence-corrected chi connectivity index (χ2v) is 14.2. The van der Waals surface area contributed by atoms with Gasteiger partial charge in [0, 0.05) is 6.42 Å². The lowest BCUT2D eigenvalue weighted by molar-refractivity contribution is -0.317. The minimum absolute atomic E-state index is 0.00802. The average molecular weight is 555 g/mol. The Labute approximate surface area is 231 Å². The molecule has 15 atom stereocenters. The SMILES string of the molecule is C[C@H](CCC(=O)O)[C@H]1CC[C@H]2[C@@H]3C[C@@H](O)[C@H]4C[C@H](O[C@@H]5O[C@H](CO)[C@@H](O)[C@H](O)[C@H]5O)CC[C@]4(C)[C@H]3CC[C@]12C. The molecule has 0 aromatic heterocycles. The van der Waals surface area contributed by atoms with E-state index in [1.165, 1.54) is 0 Å². The van der Waals surface area contributed by atoms with Crippen molar-refractivity contribution in [1.29, 1.82) is 0 Å². The van der Waals surface area contributed by atoms with E-state index in [4.69, 9.17) is 9.47 Å². The third-order valence-electron chi connectivity index (χ3n) is 12.4. The summed E-state index contributed by atoms with van der Waals surface area (Å²) in [6.45, 7) is 6.54. The van der Waals surface area contributed by atoms with Crippen molar-refractivity contribution in [3.63, 3.8) is 0 Å². The predicted molar refractivity (Wildman–Crippen MR) is 141 cm³/mol. The maximum Gasteiger partial charge on any atom is 0.303 e. The smallest absolute Gasteiger partial charge is 0.303 e. The summed E-state index contributed by atoms with van der Waals surface area (Å²) in [5, 5.41) is 61.0. The van der Waals surface area contributed by atoms with Crippen LogP contribution in [-0.4, -0.2) is 86.1 Å². The number of aliphatic hydroxyl groups is 5. The largest absolute Gasteiger partial charge is 0.481 e. The minimum Gasteiger partial charge on any atom is -0.481 e. The summed E-state index contributed by atoms with van der Waals surface area (Å²) < 4.78 is 11.7. The lowest BCUT2D eigenvalue weighted by Crippen LogP contribution is -2.61. The van der Waals surface area contributed by atoms with E-state index in [-0.39, 0.29) is 29.3 Å². The van der Waals surface area contributed by atoms with Crippen LogP contribution < -0.4 is 0 Å². The molecule has 0 amide bonds. The molecule has 0 aromatic rings. The van der Waals surface area contributed by atoms with Gasteiger partial charge in [0.2, 0.25) is 0 Å². The van der Waals surface area contributed by atoms with Gasteiger partial charge in [-0.15, -0.1) is 0 Å². The van der Waals surface area contributed by atoms with Crippen LogP contribution in [0.2, 0.25) is 0 Å². The fraction of sp³-hybridized carbons (Fsp3) is 0.967. The van der Waals surface area contributed by atoms with Crippen molar-refractivity contribution in [3.05, 3.63) is 0 Å². The van der Waals surface area contributed by atoms with Gasteiger partial charge in [-0.2, -0.15) is 0 Å². The summed E-state index contributed by atoms with van der Waals surface area (Å²) >= 11 is 0. The van der Waals surface area contributed by atoms with E-state index in [0.29, 0.717) is 36.0 Å². The second-order valence-electron chi connectivity index (χ2n) is 14.2. The topological polar surface area (TPSA) is 157 Å². The van der Waals surface area contributed by atoms with Crippen LogP contribution in [0.15, 0.2) is 0 Å². The van der Waals surface area contributed by atoms with E-state index in [2.05, 4.69) is 20.8 Å². The van der Waals surface area contributed by atoms with E-state index in [1.807, 2.05) is 0 Å². The van der Waals surface area contributed by atoms with E-state index < -0.39 is 49.4 Å². The van der Waals surface area contributed by atoms with Gasteiger partial charge in [0.05, 0.1) is 18.8 Å². The van der Waals surface area contributed by atoms with Crippen LogP contribution in [0.5, 0.6) is 0 Å². The highest BCUT2D eigenvalue weighted by Crippen LogP contribution is 2.68. The first kappa shape index (κ1) is 29.7. The number of fused-ring (bicyclic) bond motifs is 5. The van der Waals surface area contributed by atoms with Gasteiger partial charge in [0.25, 0.3) is 0 Å². The van der Waals surface area contributed by atoms with Crippen molar-refractivity contribution in [2.24, 2.45) is 46.3 Å². The highest BCUT2D eigenvalue weighted by atomic mass is 16.7. The monoisotopic (exact) mass is 554 g/mol. The highest BCUT2D eigenvalue weighted by Gasteiger charge is 2.62. The maximum absolute atomic E-state index is 11.6. The van der Waals surface area contributed by atoms with Crippen LogP contribution in [0.3, 0.4) is 0 Å². The number of ether oxygens (including phenoxy) is 2. The van der Waals surface area contributed by atoms with Gasteiger partial charge >= 0.3 is 5.97 Å². The minimum atomic E-state index is -1.46. The lowest BCUT2D eigenvalue weighted by atomic mass is 9.43.